The fourth-order valence-electron chi connectivity index (χ4n) is 1.48. The van der Waals surface area contributed by atoms with E-state index in [1.807, 2.05) is 6.20 Å². The number of aryl methyl sites for hydroxylation is 1. The molecule has 0 amide bonds. The summed E-state index contributed by atoms with van der Waals surface area (Å²) in [7, 11) is 0. The van der Waals surface area contributed by atoms with Crippen LogP contribution in [-0.4, -0.2) is 11.5 Å². The molecule has 3 heteroatoms. The van der Waals surface area contributed by atoms with Gasteiger partial charge in [-0.3, -0.25) is 4.98 Å². The maximum Gasteiger partial charge on any atom is 0.103 e. The first-order chi connectivity index (χ1) is 5.92. The van der Waals surface area contributed by atoms with Gasteiger partial charge in [0.1, 0.15) is 6.07 Å². The monoisotopic (exact) mass is 159 g/mol. The van der Waals surface area contributed by atoms with Gasteiger partial charge in [-0.25, -0.2) is 0 Å². The molecule has 0 bridgehead atoms. The standard InChI is InChI=1S/C9H9N3/c10-4-8-6-11-5-7-2-1-3-12-9(7)8/h5-6,12H,1-3H2. The van der Waals surface area contributed by atoms with Gasteiger partial charge in [0, 0.05) is 18.9 Å². The van der Waals surface area contributed by atoms with E-state index < -0.39 is 0 Å². The number of pyridine rings is 1. The summed E-state index contributed by atoms with van der Waals surface area (Å²) in [5.74, 6) is 0. The van der Waals surface area contributed by atoms with E-state index in [0.29, 0.717) is 5.56 Å². The number of anilines is 1. The van der Waals surface area contributed by atoms with Crippen molar-refractivity contribution in [3.63, 3.8) is 0 Å². The average molecular weight is 159 g/mol. The molecule has 0 aromatic carbocycles. The van der Waals surface area contributed by atoms with Crippen molar-refractivity contribution >= 4 is 5.69 Å². The molecule has 0 saturated carbocycles. The Balaban J connectivity index is 2.53. The maximum absolute atomic E-state index is 8.76. The molecule has 0 fully saturated rings. The average Bonchev–Trinajstić information content (AvgIpc) is 2.17. The number of aromatic nitrogens is 1. The van der Waals surface area contributed by atoms with Crippen molar-refractivity contribution in [3.8, 4) is 6.07 Å². The van der Waals surface area contributed by atoms with Crippen LogP contribution in [-0.2, 0) is 6.42 Å². The van der Waals surface area contributed by atoms with Crippen LogP contribution in [0.1, 0.15) is 17.5 Å². The Morgan fingerprint density at radius 2 is 2.42 bits per heavy atom. The Kier molecular flexibility index (Phi) is 1.67. The Morgan fingerprint density at radius 1 is 1.50 bits per heavy atom. The molecule has 1 aromatic rings. The highest BCUT2D eigenvalue weighted by Gasteiger charge is 2.11. The van der Waals surface area contributed by atoms with Crippen LogP contribution < -0.4 is 5.32 Å². The van der Waals surface area contributed by atoms with E-state index >= 15 is 0 Å². The number of nitriles is 1. The molecule has 0 aliphatic carbocycles. The molecule has 0 spiro atoms. The SMILES string of the molecule is N#Cc1cncc2c1NCCC2. The smallest absolute Gasteiger partial charge is 0.103 e. The van der Waals surface area contributed by atoms with Gasteiger partial charge in [0.15, 0.2) is 0 Å². The van der Waals surface area contributed by atoms with E-state index in [1.54, 1.807) is 6.20 Å². The van der Waals surface area contributed by atoms with Crippen molar-refractivity contribution < 1.29 is 0 Å². The first-order valence-electron chi connectivity index (χ1n) is 4.02. The first kappa shape index (κ1) is 7.11. The van der Waals surface area contributed by atoms with Crippen molar-refractivity contribution in [2.75, 3.05) is 11.9 Å². The number of rotatable bonds is 0. The molecule has 1 aliphatic rings. The molecule has 1 aromatic heterocycles. The van der Waals surface area contributed by atoms with E-state index in [4.69, 9.17) is 5.26 Å². The van der Waals surface area contributed by atoms with E-state index in [2.05, 4.69) is 16.4 Å². The quantitative estimate of drug-likeness (QED) is 0.621. The van der Waals surface area contributed by atoms with E-state index in [-0.39, 0.29) is 0 Å². The van der Waals surface area contributed by atoms with Crippen LogP contribution in [0.25, 0.3) is 0 Å². The normalized spacial score (nSPS) is 14.2. The highest BCUT2D eigenvalue weighted by Crippen LogP contribution is 2.23. The second-order valence-electron chi connectivity index (χ2n) is 2.86. The lowest BCUT2D eigenvalue weighted by atomic mass is 10.0. The fraction of sp³-hybridized carbons (Fsp3) is 0.333. The van der Waals surface area contributed by atoms with E-state index in [0.717, 1.165) is 25.1 Å². The van der Waals surface area contributed by atoms with Crippen molar-refractivity contribution in [3.05, 3.63) is 23.5 Å². The maximum atomic E-state index is 8.76. The largest absolute Gasteiger partial charge is 0.384 e. The molecule has 0 atom stereocenters. The lowest BCUT2D eigenvalue weighted by Gasteiger charge is -2.17. The van der Waals surface area contributed by atoms with Crippen LogP contribution in [0.4, 0.5) is 5.69 Å². The summed E-state index contributed by atoms with van der Waals surface area (Å²) in [6.45, 7) is 0.964. The van der Waals surface area contributed by atoms with Gasteiger partial charge >= 0.3 is 0 Å². The summed E-state index contributed by atoms with van der Waals surface area (Å²) in [5.41, 5.74) is 2.81. The van der Waals surface area contributed by atoms with E-state index in [1.165, 1.54) is 5.56 Å². The van der Waals surface area contributed by atoms with Gasteiger partial charge in [0.2, 0.25) is 0 Å². The number of fused-ring (bicyclic) bond motifs is 1. The fourth-order valence-corrected chi connectivity index (χ4v) is 1.48. The number of nitrogens with one attached hydrogen (secondary N) is 1. The van der Waals surface area contributed by atoms with Crippen molar-refractivity contribution in [1.82, 2.24) is 4.98 Å². The lowest BCUT2D eigenvalue weighted by molar-refractivity contribution is 0.823. The first-order valence-corrected chi connectivity index (χ1v) is 4.02. The molecule has 3 nitrogen and oxygen atoms in total. The molecule has 0 unspecified atom stereocenters. The number of hydrogen-bond acceptors (Lipinski definition) is 3. The summed E-state index contributed by atoms with van der Waals surface area (Å²) in [5, 5.41) is 12.0. The third-order valence-corrected chi connectivity index (χ3v) is 2.07. The highest BCUT2D eigenvalue weighted by atomic mass is 14.9. The zero-order valence-electron chi connectivity index (χ0n) is 6.67. The topological polar surface area (TPSA) is 48.7 Å². The Morgan fingerprint density at radius 3 is 3.25 bits per heavy atom. The predicted molar refractivity (Wildman–Crippen MR) is 45.8 cm³/mol. The zero-order chi connectivity index (χ0) is 8.39. The van der Waals surface area contributed by atoms with Crippen molar-refractivity contribution in [1.29, 1.82) is 5.26 Å². The third kappa shape index (κ3) is 1.02. The highest BCUT2D eigenvalue weighted by molar-refractivity contribution is 5.62. The summed E-state index contributed by atoms with van der Waals surface area (Å²) < 4.78 is 0. The van der Waals surface area contributed by atoms with Crippen molar-refractivity contribution in [2.24, 2.45) is 0 Å². The Hall–Kier alpha value is -1.56. The molecule has 60 valence electrons. The second kappa shape index (κ2) is 2.82. The molecular weight excluding hydrogens is 150 g/mol. The van der Waals surface area contributed by atoms with Gasteiger partial charge in [0.05, 0.1) is 11.3 Å². The summed E-state index contributed by atoms with van der Waals surface area (Å²) in [6.07, 6.45) is 5.61. The number of nitrogens with zero attached hydrogens (tertiary/aromatic N) is 2. The van der Waals surface area contributed by atoms with E-state index in [9.17, 15) is 0 Å². The van der Waals surface area contributed by atoms with Crippen molar-refractivity contribution in [2.45, 2.75) is 12.8 Å². The van der Waals surface area contributed by atoms with Crippen LogP contribution >= 0.6 is 0 Å². The second-order valence-corrected chi connectivity index (χ2v) is 2.86. The molecular formula is C9H9N3. The molecule has 0 radical (unpaired) electrons. The lowest BCUT2D eigenvalue weighted by Crippen LogP contribution is -2.13. The minimum atomic E-state index is 0.659. The van der Waals surface area contributed by atoms with Gasteiger partial charge < -0.3 is 5.32 Å². The molecule has 1 N–H and O–H groups in total. The van der Waals surface area contributed by atoms with Crippen LogP contribution in [0.15, 0.2) is 12.4 Å². The summed E-state index contributed by atoms with van der Waals surface area (Å²) in [4.78, 5) is 4.01. The zero-order valence-corrected chi connectivity index (χ0v) is 6.67. The van der Waals surface area contributed by atoms with Crippen LogP contribution in [0, 0.1) is 11.3 Å². The Bertz CT molecular complexity index is 338. The molecule has 12 heavy (non-hydrogen) atoms. The van der Waals surface area contributed by atoms with Gasteiger partial charge in [-0.05, 0) is 18.4 Å². The minimum absolute atomic E-state index is 0.659. The molecule has 2 rings (SSSR count). The molecule has 1 aliphatic heterocycles. The molecule has 0 saturated heterocycles. The van der Waals surface area contributed by atoms with Crippen LogP contribution in [0.2, 0.25) is 0 Å². The van der Waals surface area contributed by atoms with Gasteiger partial charge in [-0.2, -0.15) is 5.26 Å². The third-order valence-electron chi connectivity index (χ3n) is 2.07. The van der Waals surface area contributed by atoms with Gasteiger partial charge in [0.25, 0.3) is 0 Å². The minimum Gasteiger partial charge on any atom is -0.384 e. The number of hydrogen-bond donors (Lipinski definition) is 1. The Labute approximate surface area is 71.0 Å². The predicted octanol–water partition coefficient (Wildman–Crippen LogP) is 1.31. The van der Waals surface area contributed by atoms with Crippen LogP contribution in [0.5, 0.6) is 0 Å². The van der Waals surface area contributed by atoms with Gasteiger partial charge in [-0.1, -0.05) is 0 Å². The summed E-state index contributed by atoms with van der Waals surface area (Å²) in [6, 6.07) is 2.13. The molecule has 2 heterocycles. The van der Waals surface area contributed by atoms with Crippen LogP contribution in [0.3, 0.4) is 0 Å². The van der Waals surface area contributed by atoms with Gasteiger partial charge in [-0.15, -0.1) is 0 Å². The summed E-state index contributed by atoms with van der Waals surface area (Å²) >= 11 is 0.